The smallest absolute Gasteiger partial charge is 0.262 e. The molecule has 0 aliphatic rings. The van der Waals surface area contributed by atoms with Crippen molar-refractivity contribution in [2.75, 3.05) is 0 Å². The van der Waals surface area contributed by atoms with Crippen molar-refractivity contribution in [1.82, 2.24) is 10.7 Å². The van der Waals surface area contributed by atoms with Crippen LogP contribution < -0.4 is 15.5 Å². The SMILES string of the molecule is CC(C)C[C@@H](NC(=O)[C@@H](C)Oc1ccc(Cl)cc1Cl)C(=O)N/N=C\c1c(O)ccc2ccccc12. The Labute approximate surface area is 214 Å². The maximum Gasteiger partial charge on any atom is 0.262 e. The van der Waals surface area contributed by atoms with Crippen LogP contribution >= 0.6 is 23.2 Å². The van der Waals surface area contributed by atoms with E-state index in [0.717, 1.165) is 10.8 Å². The summed E-state index contributed by atoms with van der Waals surface area (Å²) in [6.07, 6.45) is 0.867. The number of rotatable bonds is 9. The second-order valence-corrected chi connectivity index (χ2v) is 9.32. The first kappa shape index (κ1) is 26.3. The fourth-order valence-corrected chi connectivity index (χ4v) is 3.92. The molecule has 0 aliphatic heterocycles. The van der Waals surface area contributed by atoms with Gasteiger partial charge in [0.05, 0.1) is 11.2 Å². The molecule has 0 spiro atoms. The molecule has 0 unspecified atom stereocenters. The maximum absolute atomic E-state index is 12.8. The van der Waals surface area contributed by atoms with Gasteiger partial charge < -0.3 is 15.2 Å². The molecule has 0 saturated carbocycles. The van der Waals surface area contributed by atoms with Gasteiger partial charge in [0.15, 0.2) is 6.10 Å². The molecule has 3 aromatic carbocycles. The fraction of sp³-hybridized carbons (Fsp3) is 0.269. The quantitative estimate of drug-likeness (QED) is 0.266. The van der Waals surface area contributed by atoms with Crippen LogP contribution in [0.3, 0.4) is 0 Å². The number of aromatic hydroxyl groups is 1. The molecular weight excluding hydrogens is 489 g/mol. The van der Waals surface area contributed by atoms with E-state index in [2.05, 4.69) is 15.8 Å². The zero-order valence-electron chi connectivity index (χ0n) is 19.6. The van der Waals surface area contributed by atoms with Gasteiger partial charge in [-0.1, -0.05) is 67.4 Å². The lowest BCUT2D eigenvalue weighted by Gasteiger charge is -2.22. The molecule has 3 rings (SSSR count). The van der Waals surface area contributed by atoms with E-state index in [1.807, 2.05) is 38.1 Å². The molecule has 35 heavy (non-hydrogen) atoms. The van der Waals surface area contributed by atoms with E-state index in [1.165, 1.54) is 12.3 Å². The third-order valence-corrected chi connectivity index (χ3v) is 5.75. The van der Waals surface area contributed by atoms with Crippen molar-refractivity contribution in [2.45, 2.75) is 39.3 Å². The van der Waals surface area contributed by atoms with Gasteiger partial charge in [0.2, 0.25) is 0 Å². The number of carbonyl (C=O) groups excluding carboxylic acids is 2. The van der Waals surface area contributed by atoms with E-state index in [-0.39, 0.29) is 16.7 Å². The van der Waals surface area contributed by atoms with E-state index in [0.29, 0.717) is 22.8 Å². The number of hydrogen-bond donors (Lipinski definition) is 3. The molecule has 0 aliphatic carbocycles. The monoisotopic (exact) mass is 515 g/mol. The van der Waals surface area contributed by atoms with Crippen LogP contribution in [-0.4, -0.2) is 35.3 Å². The van der Waals surface area contributed by atoms with Gasteiger partial charge in [-0.3, -0.25) is 9.59 Å². The summed E-state index contributed by atoms with van der Waals surface area (Å²) in [6.45, 7) is 5.45. The van der Waals surface area contributed by atoms with Crippen LogP contribution in [0.15, 0.2) is 59.7 Å². The lowest BCUT2D eigenvalue weighted by atomic mass is 10.0. The standard InChI is InChI=1S/C26H27Cl2N3O4/c1-15(2)12-22(30-25(33)16(3)35-24-11-9-18(27)13-21(24)28)26(34)31-29-14-20-19-7-5-4-6-17(19)8-10-23(20)32/h4-11,13-16,22,32H,12H2,1-3H3,(H,30,33)(H,31,34)/b29-14-/t16-,22-/m1/s1. The Hall–Kier alpha value is -3.29. The molecule has 0 radical (unpaired) electrons. The van der Waals surface area contributed by atoms with Crippen molar-refractivity contribution >= 4 is 52.0 Å². The third-order valence-electron chi connectivity index (χ3n) is 5.22. The number of fused-ring (bicyclic) bond motifs is 1. The second kappa shape index (κ2) is 11.9. The Morgan fingerprint density at radius 2 is 1.80 bits per heavy atom. The average Bonchev–Trinajstić information content (AvgIpc) is 2.81. The van der Waals surface area contributed by atoms with Crippen molar-refractivity contribution in [3.63, 3.8) is 0 Å². The second-order valence-electron chi connectivity index (χ2n) is 8.48. The minimum absolute atomic E-state index is 0.0422. The zero-order valence-corrected chi connectivity index (χ0v) is 21.1. The summed E-state index contributed by atoms with van der Waals surface area (Å²) in [5.41, 5.74) is 2.95. The van der Waals surface area contributed by atoms with Crippen LogP contribution in [-0.2, 0) is 9.59 Å². The highest BCUT2D eigenvalue weighted by Gasteiger charge is 2.25. The van der Waals surface area contributed by atoms with E-state index in [4.69, 9.17) is 27.9 Å². The van der Waals surface area contributed by atoms with Gasteiger partial charge in [0.1, 0.15) is 17.5 Å². The Morgan fingerprint density at radius 1 is 1.06 bits per heavy atom. The molecule has 184 valence electrons. The number of nitrogens with zero attached hydrogens (tertiary/aromatic N) is 1. The summed E-state index contributed by atoms with van der Waals surface area (Å²) in [5, 5.41) is 19.4. The highest BCUT2D eigenvalue weighted by molar-refractivity contribution is 6.35. The number of halogens is 2. The number of benzene rings is 3. The van der Waals surface area contributed by atoms with Crippen molar-refractivity contribution < 1.29 is 19.4 Å². The van der Waals surface area contributed by atoms with Gasteiger partial charge in [0, 0.05) is 10.6 Å². The maximum atomic E-state index is 12.8. The van der Waals surface area contributed by atoms with Crippen LogP contribution in [0.2, 0.25) is 10.0 Å². The molecule has 0 fully saturated rings. The number of amides is 2. The number of carbonyl (C=O) groups is 2. The number of phenolic OH excluding ortho intramolecular Hbond substituents is 1. The van der Waals surface area contributed by atoms with E-state index in [1.54, 1.807) is 31.2 Å². The summed E-state index contributed by atoms with van der Waals surface area (Å²) >= 11 is 12.0. The number of phenols is 1. The molecule has 0 heterocycles. The van der Waals surface area contributed by atoms with Crippen molar-refractivity contribution in [1.29, 1.82) is 0 Å². The molecule has 3 N–H and O–H groups in total. The van der Waals surface area contributed by atoms with Crippen molar-refractivity contribution in [3.8, 4) is 11.5 Å². The Morgan fingerprint density at radius 3 is 2.51 bits per heavy atom. The molecular formula is C26H27Cl2N3O4. The number of hydrogen-bond acceptors (Lipinski definition) is 5. The molecule has 0 saturated heterocycles. The van der Waals surface area contributed by atoms with Gasteiger partial charge >= 0.3 is 0 Å². The molecule has 0 aromatic heterocycles. The summed E-state index contributed by atoms with van der Waals surface area (Å²) in [6, 6.07) is 14.7. The molecule has 9 heteroatoms. The lowest BCUT2D eigenvalue weighted by Crippen LogP contribution is -2.49. The highest BCUT2D eigenvalue weighted by Crippen LogP contribution is 2.28. The molecule has 2 amide bonds. The molecule has 2 atom stereocenters. The first-order chi connectivity index (χ1) is 16.7. The summed E-state index contributed by atoms with van der Waals surface area (Å²) in [5.74, 6) is -0.491. The minimum atomic E-state index is -0.910. The highest BCUT2D eigenvalue weighted by atomic mass is 35.5. The number of nitrogens with one attached hydrogen (secondary N) is 2. The van der Waals surface area contributed by atoms with Crippen molar-refractivity contribution in [2.24, 2.45) is 11.0 Å². The predicted octanol–water partition coefficient (Wildman–Crippen LogP) is 5.30. The largest absolute Gasteiger partial charge is 0.507 e. The number of hydrazone groups is 1. The molecule has 7 nitrogen and oxygen atoms in total. The Bertz CT molecular complexity index is 1250. The average molecular weight is 516 g/mol. The fourth-order valence-electron chi connectivity index (χ4n) is 3.46. The normalized spacial score (nSPS) is 13.1. The molecule has 3 aromatic rings. The third kappa shape index (κ3) is 7.10. The van der Waals surface area contributed by atoms with Gasteiger partial charge in [-0.05, 0) is 54.3 Å². The van der Waals surface area contributed by atoms with Crippen molar-refractivity contribution in [3.05, 3.63) is 70.2 Å². The Balaban J connectivity index is 1.68. The van der Waals surface area contributed by atoms with Crippen LogP contribution in [0.5, 0.6) is 11.5 Å². The summed E-state index contributed by atoms with van der Waals surface area (Å²) in [7, 11) is 0. The van der Waals surface area contributed by atoms with Gasteiger partial charge in [-0.25, -0.2) is 5.43 Å². The Kier molecular flexibility index (Phi) is 8.95. The first-order valence-corrected chi connectivity index (χ1v) is 11.9. The van der Waals surface area contributed by atoms with E-state index in [9.17, 15) is 14.7 Å². The predicted molar refractivity (Wildman–Crippen MR) is 139 cm³/mol. The van der Waals surface area contributed by atoms with Crippen LogP contribution in [0, 0.1) is 5.92 Å². The van der Waals surface area contributed by atoms with E-state index < -0.39 is 24.0 Å². The van der Waals surface area contributed by atoms with E-state index >= 15 is 0 Å². The number of ether oxygens (including phenoxy) is 1. The summed E-state index contributed by atoms with van der Waals surface area (Å²) < 4.78 is 5.65. The zero-order chi connectivity index (χ0) is 25.5. The minimum Gasteiger partial charge on any atom is -0.507 e. The first-order valence-electron chi connectivity index (χ1n) is 11.1. The van der Waals surface area contributed by atoms with Crippen LogP contribution in [0.1, 0.15) is 32.8 Å². The van der Waals surface area contributed by atoms with Gasteiger partial charge in [-0.15, -0.1) is 0 Å². The molecule has 0 bridgehead atoms. The van der Waals surface area contributed by atoms with Gasteiger partial charge in [0.25, 0.3) is 11.8 Å². The van der Waals surface area contributed by atoms with Gasteiger partial charge in [-0.2, -0.15) is 5.10 Å². The van der Waals surface area contributed by atoms with Crippen LogP contribution in [0.25, 0.3) is 10.8 Å². The van der Waals surface area contributed by atoms with Crippen LogP contribution in [0.4, 0.5) is 0 Å². The lowest BCUT2D eigenvalue weighted by molar-refractivity contribution is -0.132. The topological polar surface area (TPSA) is 100 Å². The summed E-state index contributed by atoms with van der Waals surface area (Å²) in [4.78, 5) is 25.6.